The van der Waals surface area contributed by atoms with Crippen molar-refractivity contribution in [2.75, 3.05) is 31.5 Å². The van der Waals surface area contributed by atoms with Crippen LogP contribution in [-0.4, -0.2) is 37.1 Å². The number of carbonyl (C=O) groups excluding carboxylic acids is 1. The highest BCUT2D eigenvalue weighted by atomic mass is 16.2. The lowest BCUT2D eigenvalue weighted by Crippen LogP contribution is -2.34. The van der Waals surface area contributed by atoms with Crippen molar-refractivity contribution < 1.29 is 4.79 Å². The monoisotopic (exact) mass is 351 g/mol. The summed E-state index contributed by atoms with van der Waals surface area (Å²) in [6, 6.07) is 16.6. The third-order valence-electron chi connectivity index (χ3n) is 5.11. The lowest BCUT2D eigenvalue weighted by Gasteiger charge is -2.16. The van der Waals surface area contributed by atoms with Gasteiger partial charge in [-0.3, -0.25) is 0 Å². The highest BCUT2D eigenvalue weighted by Crippen LogP contribution is 2.17. The molecule has 3 rings (SSSR count). The lowest BCUT2D eigenvalue weighted by atomic mass is 10.1. The molecule has 1 saturated heterocycles. The van der Waals surface area contributed by atoms with E-state index in [-0.39, 0.29) is 6.03 Å². The van der Waals surface area contributed by atoms with Crippen LogP contribution >= 0.6 is 0 Å². The van der Waals surface area contributed by atoms with Gasteiger partial charge >= 0.3 is 6.03 Å². The molecule has 0 aliphatic carbocycles. The van der Waals surface area contributed by atoms with Crippen molar-refractivity contribution in [1.82, 2.24) is 10.2 Å². The molecule has 4 nitrogen and oxygen atoms in total. The molecule has 1 heterocycles. The first kappa shape index (κ1) is 18.5. The fourth-order valence-electron chi connectivity index (χ4n) is 3.57. The highest BCUT2D eigenvalue weighted by Gasteiger charge is 2.22. The zero-order valence-corrected chi connectivity index (χ0v) is 15.8. The number of benzene rings is 2. The molecule has 4 heteroatoms. The molecular weight excluding hydrogens is 322 g/mol. The smallest absolute Gasteiger partial charge is 0.319 e. The van der Waals surface area contributed by atoms with Crippen LogP contribution in [0.1, 0.15) is 23.1 Å². The summed E-state index contributed by atoms with van der Waals surface area (Å²) in [6.45, 7) is 8.09. The molecule has 0 unspecified atom stereocenters. The second-order valence-electron chi connectivity index (χ2n) is 7.34. The van der Waals surface area contributed by atoms with E-state index < -0.39 is 0 Å². The van der Waals surface area contributed by atoms with Crippen LogP contribution in [0.15, 0.2) is 48.5 Å². The topological polar surface area (TPSA) is 44.4 Å². The fraction of sp³-hybridized carbons (Fsp3) is 0.409. The van der Waals surface area contributed by atoms with E-state index in [4.69, 9.17) is 0 Å². The Hall–Kier alpha value is -2.33. The Bertz CT molecular complexity index is 729. The van der Waals surface area contributed by atoms with E-state index in [1.54, 1.807) is 0 Å². The largest absolute Gasteiger partial charge is 0.338 e. The number of urea groups is 1. The average molecular weight is 351 g/mol. The molecule has 26 heavy (non-hydrogen) atoms. The summed E-state index contributed by atoms with van der Waals surface area (Å²) in [5, 5.41) is 5.99. The number of nitrogens with zero attached hydrogens (tertiary/aromatic N) is 1. The number of hydrogen-bond donors (Lipinski definition) is 2. The predicted molar refractivity (Wildman–Crippen MR) is 108 cm³/mol. The maximum absolute atomic E-state index is 12.2. The third-order valence-corrected chi connectivity index (χ3v) is 5.11. The van der Waals surface area contributed by atoms with Gasteiger partial charge in [0.05, 0.1) is 0 Å². The molecule has 2 aromatic rings. The molecule has 0 radical (unpaired) electrons. The van der Waals surface area contributed by atoms with Gasteiger partial charge in [-0.2, -0.15) is 0 Å². The molecule has 0 saturated carbocycles. The second-order valence-corrected chi connectivity index (χ2v) is 7.34. The first-order valence-corrected chi connectivity index (χ1v) is 9.48. The minimum atomic E-state index is -0.111. The van der Waals surface area contributed by atoms with E-state index >= 15 is 0 Å². The summed E-state index contributed by atoms with van der Waals surface area (Å²) < 4.78 is 0. The zero-order chi connectivity index (χ0) is 18.4. The SMILES string of the molecule is Cc1ccc(NC(=O)NC[C@H]2CCN(CCc3ccccc3)C2)c(C)c1. The molecular formula is C22H29N3O. The minimum absolute atomic E-state index is 0.111. The predicted octanol–water partition coefficient (Wildman–Crippen LogP) is 3.99. The van der Waals surface area contributed by atoms with Crippen molar-refractivity contribution in [3.05, 3.63) is 65.2 Å². The maximum atomic E-state index is 12.2. The first-order valence-electron chi connectivity index (χ1n) is 9.48. The van der Waals surface area contributed by atoms with Crippen LogP contribution < -0.4 is 10.6 Å². The maximum Gasteiger partial charge on any atom is 0.319 e. The van der Waals surface area contributed by atoms with Crippen LogP contribution in [-0.2, 0) is 6.42 Å². The number of carbonyl (C=O) groups is 1. The molecule has 1 fully saturated rings. The Morgan fingerprint density at radius 3 is 2.73 bits per heavy atom. The number of nitrogens with one attached hydrogen (secondary N) is 2. The molecule has 2 amide bonds. The lowest BCUT2D eigenvalue weighted by molar-refractivity contribution is 0.249. The number of likely N-dealkylation sites (tertiary alicyclic amines) is 1. The number of hydrogen-bond acceptors (Lipinski definition) is 2. The van der Waals surface area contributed by atoms with Gasteiger partial charge in [0, 0.05) is 25.3 Å². The Morgan fingerprint density at radius 2 is 1.96 bits per heavy atom. The number of anilines is 1. The first-order chi connectivity index (χ1) is 12.6. The highest BCUT2D eigenvalue weighted by molar-refractivity contribution is 5.90. The van der Waals surface area contributed by atoms with Gasteiger partial charge in [-0.15, -0.1) is 0 Å². The zero-order valence-electron chi connectivity index (χ0n) is 15.8. The minimum Gasteiger partial charge on any atom is -0.338 e. The quantitative estimate of drug-likeness (QED) is 0.826. The number of rotatable bonds is 6. The molecule has 0 spiro atoms. The van der Waals surface area contributed by atoms with Crippen LogP contribution in [0.25, 0.3) is 0 Å². The summed E-state index contributed by atoms with van der Waals surface area (Å²) >= 11 is 0. The third kappa shape index (κ3) is 5.33. The van der Waals surface area contributed by atoms with Crippen LogP contribution in [0.4, 0.5) is 10.5 Å². The van der Waals surface area contributed by atoms with Gasteiger partial charge in [0.2, 0.25) is 0 Å². The van der Waals surface area contributed by atoms with Gasteiger partial charge in [-0.25, -0.2) is 4.79 Å². The summed E-state index contributed by atoms with van der Waals surface area (Å²) in [4.78, 5) is 14.7. The normalized spacial score (nSPS) is 17.2. The molecule has 1 aliphatic heterocycles. The molecule has 138 valence electrons. The van der Waals surface area contributed by atoms with Crippen LogP contribution in [0.5, 0.6) is 0 Å². The Morgan fingerprint density at radius 1 is 1.15 bits per heavy atom. The van der Waals surface area contributed by atoms with E-state index in [0.29, 0.717) is 5.92 Å². The van der Waals surface area contributed by atoms with Crippen LogP contribution in [0, 0.1) is 19.8 Å². The Balaban J connectivity index is 1.38. The molecule has 1 aliphatic rings. The fourth-order valence-corrected chi connectivity index (χ4v) is 3.57. The molecule has 0 aromatic heterocycles. The number of amides is 2. The molecule has 2 aromatic carbocycles. The standard InChI is InChI=1S/C22H29N3O/c1-17-8-9-21(18(2)14-17)24-22(26)23-15-20-11-13-25(16-20)12-10-19-6-4-3-5-7-19/h3-9,14,20H,10-13,15-16H2,1-2H3,(H2,23,24,26)/t20-/m1/s1. The van der Waals surface area contributed by atoms with Gasteiger partial charge in [0.25, 0.3) is 0 Å². The van der Waals surface area contributed by atoms with Crippen LogP contribution in [0.2, 0.25) is 0 Å². The summed E-state index contributed by atoms with van der Waals surface area (Å²) in [6.07, 6.45) is 2.24. The van der Waals surface area contributed by atoms with E-state index in [1.807, 2.05) is 19.1 Å². The van der Waals surface area contributed by atoms with Gasteiger partial charge in [-0.05, 0) is 56.3 Å². The van der Waals surface area contributed by atoms with E-state index in [2.05, 4.69) is 58.9 Å². The Labute approximate surface area is 156 Å². The van der Waals surface area contributed by atoms with E-state index in [1.165, 1.54) is 11.1 Å². The molecule has 0 bridgehead atoms. The average Bonchev–Trinajstić information content (AvgIpc) is 3.09. The van der Waals surface area contributed by atoms with E-state index in [0.717, 1.165) is 50.3 Å². The molecule has 2 N–H and O–H groups in total. The van der Waals surface area contributed by atoms with Crippen LogP contribution in [0.3, 0.4) is 0 Å². The van der Waals surface area contributed by atoms with Crippen molar-refractivity contribution in [1.29, 1.82) is 0 Å². The Kier molecular flexibility index (Phi) is 6.29. The van der Waals surface area contributed by atoms with Gasteiger partial charge < -0.3 is 15.5 Å². The summed E-state index contributed by atoms with van der Waals surface area (Å²) in [5.41, 5.74) is 4.56. The van der Waals surface area contributed by atoms with Crippen molar-refractivity contribution in [3.63, 3.8) is 0 Å². The van der Waals surface area contributed by atoms with Crippen molar-refractivity contribution >= 4 is 11.7 Å². The summed E-state index contributed by atoms with van der Waals surface area (Å²) in [7, 11) is 0. The van der Waals surface area contributed by atoms with Gasteiger partial charge in [0.1, 0.15) is 0 Å². The van der Waals surface area contributed by atoms with Gasteiger partial charge in [-0.1, -0.05) is 48.0 Å². The molecule has 1 atom stereocenters. The second kappa shape index (κ2) is 8.86. The van der Waals surface area contributed by atoms with Crippen molar-refractivity contribution in [3.8, 4) is 0 Å². The van der Waals surface area contributed by atoms with Crippen molar-refractivity contribution in [2.45, 2.75) is 26.7 Å². The van der Waals surface area contributed by atoms with E-state index in [9.17, 15) is 4.79 Å². The summed E-state index contributed by atoms with van der Waals surface area (Å²) in [5.74, 6) is 0.538. The van der Waals surface area contributed by atoms with Crippen molar-refractivity contribution in [2.24, 2.45) is 5.92 Å². The number of aryl methyl sites for hydroxylation is 2. The van der Waals surface area contributed by atoms with Gasteiger partial charge in [0.15, 0.2) is 0 Å².